The van der Waals surface area contributed by atoms with Crippen molar-refractivity contribution in [3.8, 4) is 0 Å². The van der Waals surface area contributed by atoms with Gasteiger partial charge in [-0.15, -0.1) is 0 Å². The second-order valence-corrected chi connectivity index (χ2v) is 1.08. The third kappa shape index (κ3) is 31.5. The molecule has 0 heterocycles. The second-order valence-electron chi connectivity index (χ2n) is 1.08. The number of hydrogen-bond acceptors (Lipinski definition) is 2. The van der Waals surface area contributed by atoms with Crippen molar-refractivity contribution in [1.82, 2.24) is 0 Å². The fourth-order valence-electron chi connectivity index (χ4n) is 0.0680. The van der Waals surface area contributed by atoms with Gasteiger partial charge in [-0.05, 0) is 6.08 Å². The van der Waals surface area contributed by atoms with Crippen LogP contribution in [0, 0.1) is 0 Å². The van der Waals surface area contributed by atoms with Crippen molar-refractivity contribution in [3.63, 3.8) is 0 Å². The first-order valence-electron chi connectivity index (χ1n) is 2.48. The molecule has 0 spiro atoms. The fourth-order valence-corrected chi connectivity index (χ4v) is 0.0680. The van der Waals surface area contributed by atoms with E-state index in [1.807, 2.05) is 0 Å². The van der Waals surface area contributed by atoms with Crippen LogP contribution >= 0.6 is 0 Å². The predicted molar refractivity (Wildman–Crippen MR) is 40.9 cm³/mol. The Balaban J connectivity index is 0. The lowest BCUT2D eigenvalue weighted by molar-refractivity contribution is -0.113. The predicted octanol–water partition coefficient (Wildman–Crippen LogP) is 0.948. The average molecular weight is 141 g/mol. The van der Waals surface area contributed by atoms with Crippen molar-refractivity contribution < 1.29 is 9.53 Å². The van der Waals surface area contributed by atoms with Gasteiger partial charge in [-0.1, -0.05) is 19.7 Å². The molecule has 56 valence electrons. The molecule has 0 saturated heterocycles. The third-order valence-corrected chi connectivity index (χ3v) is 0.394. The second kappa shape index (κ2) is 10.5. The summed E-state index contributed by atoms with van der Waals surface area (Å²) in [5.41, 5.74) is 4.53. The van der Waals surface area contributed by atoms with E-state index in [4.69, 9.17) is 0 Å². The number of primary amides is 1. The molecule has 0 aliphatic heterocycles. The van der Waals surface area contributed by atoms with Crippen LogP contribution in [0.25, 0.3) is 0 Å². The van der Waals surface area contributed by atoms with Gasteiger partial charge < -0.3 is 10.5 Å². The van der Waals surface area contributed by atoms with Crippen LogP contribution in [0.4, 0.5) is 0 Å². The normalized spacial score (nSPS) is 6.00. The molecule has 0 aromatic rings. The van der Waals surface area contributed by atoms with Crippen molar-refractivity contribution in [2.75, 3.05) is 0 Å². The number of amides is 1. The first kappa shape index (κ1) is 11.3. The van der Waals surface area contributed by atoms with E-state index < -0.39 is 5.91 Å². The summed E-state index contributed by atoms with van der Waals surface area (Å²) >= 11 is 0. The summed E-state index contributed by atoms with van der Waals surface area (Å²) in [5, 5.41) is 0. The van der Waals surface area contributed by atoms with Crippen molar-refractivity contribution in [3.05, 3.63) is 38.3 Å². The molecular formula is C7H11NO2. The van der Waals surface area contributed by atoms with Crippen LogP contribution in [0.15, 0.2) is 38.3 Å². The van der Waals surface area contributed by atoms with Gasteiger partial charge in [0.05, 0.1) is 12.5 Å². The van der Waals surface area contributed by atoms with Crippen LogP contribution in [0.5, 0.6) is 0 Å². The van der Waals surface area contributed by atoms with Gasteiger partial charge >= 0.3 is 0 Å². The van der Waals surface area contributed by atoms with Crippen molar-refractivity contribution in [1.29, 1.82) is 0 Å². The largest absolute Gasteiger partial charge is 0.474 e. The highest BCUT2D eigenvalue weighted by Gasteiger charge is 1.69. The van der Waals surface area contributed by atoms with Crippen LogP contribution in [0.2, 0.25) is 0 Å². The van der Waals surface area contributed by atoms with Crippen LogP contribution < -0.4 is 5.73 Å². The molecule has 0 aromatic heterocycles. The Morgan fingerprint density at radius 3 is 1.60 bits per heavy atom. The molecule has 3 heteroatoms. The minimum absolute atomic E-state index is 0.481. The Hall–Kier alpha value is -1.51. The summed E-state index contributed by atoms with van der Waals surface area (Å²) < 4.78 is 4.36. The highest BCUT2D eigenvalue weighted by atomic mass is 16.5. The molecular weight excluding hydrogens is 130 g/mol. The van der Waals surface area contributed by atoms with Gasteiger partial charge in [-0.3, -0.25) is 4.79 Å². The van der Waals surface area contributed by atoms with E-state index in [1.165, 1.54) is 12.5 Å². The maximum atomic E-state index is 9.47. The summed E-state index contributed by atoms with van der Waals surface area (Å²) in [5.74, 6) is -0.481. The number of carbonyl (C=O) groups is 1. The van der Waals surface area contributed by atoms with Crippen molar-refractivity contribution in [2.45, 2.75) is 0 Å². The highest BCUT2D eigenvalue weighted by molar-refractivity contribution is 5.84. The van der Waals surface area contributed by atoms with Crippen LogP contribution in [0.1, 0.15) is 0 Å². The number of nitrogens with two attached hydrogens (primary N) is 1. The monoisotopic (exact) mass is 141 g/mol. The zero-order valence-electron chi connectivity index (χ0n) is 5.75. The maximum absolute atomic E-state index is 9.47. The molecule has 0 aliphatic carbocycles. The molecule has 0 unspecified atom stereocenters. The Labute approximate surface area is 60.5 Å². The molecule has 0 fully saturated rings. The molecule has 10 heavy (non-hydrogen) atoms. The first-order valence-corrected chi connectivity index (χ1v) is 2.48. The smallest absolute Gasteiger partial charge is 0.240 e. The van der Waals surface area contributed by atoms with E-state index in [0.29, 0.717) is 0 Å². The lowest BCUT2D eigenvalue weighted by Gasteiger charge is -1.76. The minimum Gasteiger partial charge on any atom is -0.474 e. The number of hydrogen-bond donors (Lipinski definition) is 1. The van der Waals surface area contributed by atoms with E-state index in [-0.39, 0.29) is 0 Å². The van der Waals surface area contributed by atoms with E-state index in [0.717, 1.165) is 6.08 Å². The topological polar surface area (TPSA) is 52.3 Å². The third-order valence-electron chi connectivity index (χ3n) is 0.394. The number of ether oxygens (including phenoxy) is 1. The van der Waals surface area contributed by atoms with Gasteiger partial charge in [0.25, 0.3) is 0 Å². The molecule has 0 aliphatic rings. The summed E-state index contributed by atoms with van der Waals surface area (Å²) in [6.07, 6.45) is 3.68. The Kier molecular flexibility index (Phi) is 11.8. The summed E-state index contributed by atoms with van der Waals surface area (Å²) in [6.45, 7) is 9.60. The first-order chi connectivity index (χ1) is 4.68. The van der Waals surface area contributed by atoms with E-state index >= 15 is 0 Å². The summed E-state index contributed by atoms with van der Waals surface area (Å²) in [7, 11) is 0. The molecule has 0 rings (SSSR count). The zero-order valence-corrected chi connectivity index (χ0v) is 5.75. The SMILES string of the molecule is C=CC(N)=O.C=COC=C. The van der Waals surface area contributed by atoms with Gasteiger partial charge in [0.2, 0.25) is 5.91 Å². The van der Waals surface area contributed by atoms with Crippen LogP contribution in [0.3, 0.4) is 0 Å². The number of rotatable bonds is 3. The highest BCUT2D eigenvalue weighted by Crippen LogP contribution is 1.65. The molecule has 2 N–H and O–H groups in total. The Bertz CT molecular complexity index is 124. The lowest BCUT2D eigenvalue weighted by atomic mass is 10.6. The van der Waals surface area contributed by atoms with Crippen molar-refractivity contribution in [2.24, 2.45) is 5.73 Å². The Morgan fingerprint density at radius 2 is 1.60 bits per heavy atom. The van der Waals surface area contributed by atoms with Gasteiger partial charge in [-0.25, -0.2) is 0 Å². The standard InChI is InChI=1S/C4H6O.C3H5NO/c1-3-5-4-2;1-2-3(4)5/h3-4H,1-2H2;2H,1H2,(H2,4,5). The fraction of sp³-hybridized carbons (Fsp3) is 0. The van der Waals surface area contributed by atoms with Gasteiger partial charge in [-0.2, -0.15) is 0 Å². The minimum atomic E-state index is -0.481. The maximum Gasteiger partial charge on any atom is 0.240 e. The van der Waals surface area contributed by atoms with Crippen molar-refractivity contribution >= 4 is 5.91 Å². The average Bonchev–Trinajstić information content (AvgIpc) is 1.91. The summed E-state index contributed by atoms with van der Waals surface area (Å²) in [6, 6.07) is 0. The molecule has 0 bridgehead atoms. The molecule has 0 aromatic carbocycles. The van der Waals surface area contributed by atoms with E-state index in [9.17, 15) is 4.79 Å². The van der Waals surface area contributed by atoms with Crippen LogP contribution in [-0.2, 0) is 9.53 Å². The van der Waals surface area contributed by atoms with E-state index in [2.05, 4.69) is 30.2 Å². The zero-order chi connectivity index (χ0) is 8.41. The lowest BCUT2D eigenvalue weighted by Crippen LogP contribution is -2.04. The Morgan fingerprint density at radius 1 is 1.30 bits per heavy atom. The van der Waals surface area contributed by atoms with Gasteiger partial charge in [0.15, 0.2) is 0 Å². The van der Waals surface area contributed by atoms with Gasteiger partial charge in [0, 0.05) is 0 Å². The molecule has 1 amide bonds. The van der Waals surface area contributed by atoms with E-state index in [1.54, 1.807) is 0 Å². The van der Waals surface area contributed by atoms with Crippen LogP contribution in [-0.4, -0.2) is 5.91 Å². The quantitative estimate of drug-likeness (QED) is 0.470. The van der Waals surface area contributed by atoms with Gasteiger partial charge in [0.1, 0.15) is 0 Å². The molecule has 3 nitrogen and oxygen atoms in total. The molecule has 0 atom stereocenters. The molecule has 0 radical (unpaired) electrons. The summed E-state index contributed by atoms with van der Waals surface area (Å²) in [4.78, 5) is 9.47. The number of carbonyl (C=O) groups excluding carboxylic acids is 1. The molecule has 0 saturated carbocycles.